The lowest BCUT2D eigenvalue weighted by atomic mass is 10.3. The number of carbonyl (C=O) groups is 1. The first-order valence-electron chi connectivity index (χ1n) is 9.45. The van der Waals surface area contributed by atoms with Crippen molar-refractivity contribution in [2.24, 2.45) is 5.10 Å². The maximum atomic E-state index is 13.1. The van der Waals surface area contributed by atoms with E-state index < -0.39 is 26.9 Å². The van der Waals surface area contributed by atoms with E-state index in [1.165, 1.54) is 24.5 Å². The number of rotatable bonds is 11. The Hall–Kier alpha value is -1.41. The zero-order valence-electron chi connectivity index (χ0n) is 17.0. The summed E-state index contributed by atoms with van der Waals surface area (Å²) >= 11 is 0. The highest BCUT2D eigenvalue weighted by Crippen LogP contribution is 2.56. The molecule has 1 aromatic heterocycles. The summed E-state index contributed by atoms with van der Waals surface area (Å²) < 4.78 is 47.2. The van der Waals surface area contributed by atoms with Crippen molar-refractivity contribution < 1.29 is 32.0 Å². The third-order valence-electron chi connectivity index (χ3n) is 3.88. The molecule has 1 aliphatic rings. The molecule has 1 aromatic rings. The molecule has 0 N–H and O–H groups in total. The Morgan fingerprint density at radius 2 is 1.62 bits per heavy atom. The number of carbonyl (C=O) groups excluding carboxylic acids is 1. The molecule has 0 bridgehead atoms. The lowest BCUT2D eigenvalue weighted by molar-refractivity contribution is 0.0719. The first-order chi connectivity index (χ1) is 13.8. The van der Waals surface area contributed by atoms with Gasteiger partial charge in [-0.2, -0.15) is 5.10 Å². The second-order valence-corrected chi connectivity index (χ2v) is 9.99. The van der Waals surface area contributed by atoms with Crippen LogP contribution in [-0.2, 0) is 27.2 Å². The lowest BCUT2D eigenvalue weighted by Gasteiger charge is -2.28. The number of aromatic nitrogens is 1. The largest absolute Gasteiger partial charge is 0.362 e. The van der Waals surface area contributed by atoms with Crippen LogP contribution in [0.2, 0.25) is 0 Å². The molecule has 2 rings (SSSR count). The summed E-state index contributed by atoms with van der Waals surface area (Å²) in [5.74, 6) is -1.44. The van der Waals surface area contributed by atoms with Gasteiger partial charge in [0.1, 0.15) is 5.69 Å². The molecule has 1 amide bonds. The topological polar surface area (TPSA) is 117 Å². The molecule has 2 heterocycles. The second kappa shape index (κ2) is 10.6. The van der Waals surface area contributed by atoms with Gasteiger partial charge in [0.25, 0.3) is 5.91 Å². The summed E-state index contributed by atoms with van der Waals surface area (Å²) in [5, 5.41) is 5.35. The molecule has 0 aliphatic carbocycles. The van der Waals surface area contributed by atoms with Crippen LogP contribution in [0.1, 0.15) is 44.6 Å². The number of amides is 1. The molecule has 12 heteroatoms. The molecule has 162 valence electrons. The Morgan fingerprint density at radius 1 is 1.03 bits per heavy atom. The van der Waals surface area contributed by atoms with E-state index in [0.29, 0.717) is 0 Å². The number of hydrogen-bond donors (Lipinski definition) is 0. The molecule has 0 saturated heterocycles. The maximum absolute atomic E-state index is 13.1. The summed E-state index contributed by atoms with van der Waals surface area (Å²) in [4.78, 5) is 17.0. The first-order valence-corrected chi connectivity index (χ1v) is 12.6. The van der Waals surface area contributed by atoms with Crippen LogP contribution in [0, 0.1) is 0 Å². The van der Waals surface area contributed by atoms with E-state index in [2.05, 4.69) is 10.1 Å². The Bertz CT molecular complexity index is 796. The van der Waals surface area contributed by atoms with Crippen molar-refractivity contribution in [3.63, 3.8) is 0 Å². The van der Waals surface area contributed by atoms with Gasteiger partial charge in [0.15, 0.2) is 5.78 Å². The van der Waals surface area contributed by atoms with Gasteiger partial charge in [0.05, 0.1) is 31.7 Å². The van der Waals surface area contributed by atoms with E-state index in [1.54, 1.807) is 27.7 Å². The van der Waals surface area contributed by atoms with Gasteiger partial charge < -0.3 is 18.1 Å². The summed E-state index contributed by atoms with van der Waals surface area (Å²) in [6, 6.07) is 2.87. The van der Waals surface area contributed by atoms with Crippen LogP contribution in [0.5, 0.6) is 0 Å². The second-order valence-electron chi connectivity index (χ2n) is 5.77. The number of hydrazone groups is 1. The zero-order chi connectivity index (χ0) is 21.5. The van der Waals surface area contributed by atoms with E-state index in [0.717, 1.165) is 5.01 Å². The zero-order valence-corrected chi connectivity index (χ0v) is 18.8. The Kier molecular flexibility index (Phi) is 8.70. The van der Waals surface area contributed by atoms with Gasteiger partial charge >= 0.3 is 15.2 Å². The van der Waals surface area contributed by atoms with E-state index >= 15 is 0 Å². The summed E-state index contributed by atoms with van der Waals surface area (Å²) in [6.07, 6.45) is 3.00. The van der Waals surface area contributed by atoms with Crippen molar-refractivity contribution in [3.8, 4) is 0 Å². The van der Waals surface area contributed by atoms with Gasteiger partial charge in [-0.3, -0.25) is 18.9 Å². The summed E-state index contributed by atoms with van der Waals surface area (Å²) in [5.41, 5.74) is 0.0388. The first kappa shape index (κ1) is 23.9. The van der Waals surface area contributed by atoms with Crippen molar-refractivity contribution in [1.82, 2.24) is 9.99 Å². The average molecular weight is 447 g/mol. The molecular weight excluding hydrogens is 420 g/mol. The molecule has 0 radical (unpaired) electrons. The quantitative estimate of drug-likeness (QED) is 0.474. The third-order valence-corrected chi connectivity index (χ3v) is 8.37. The fourth-order valence-electron chi connectivity index (χ4n) is 2.74. The molecule has 1 unspecified atom stereocenters. The fourth-order valence-corrected chi connectivity index (χ4v) is 6.18. The van der Waals surface area contributed by atoms with E-state index in [1.807, 2.05) is 0 Å². The molecule has 1 atom stereocenters. The smallest absolute Gasteiger partial charge is 0.307 e. The van der Waals surface area contributed by atoms with Crippen LogP contribution in [0.15, 0.2) is 23.4 Å². The minimum absolute atomic E-state index is 0.0388. The Balaban J connectivity index is 2.26. The number of pyridine rings is 1. The molecule has 0 saturated carbocycles. The van der Waals surface area contributed by atoms with E-state index in [9.17, 15) is 13.9 Å². The number of nitrogens with zero attached hydrogens (tertiary/aromatic N) is 3. The molecular formula is C17H27N3O7P2. The standard InChI is InChI=1S/C17H27N3O7P2/c1-5-24-28(22,25-6-2)14-9-10-15(18-13-14)17(21)20-16(11-12-19-20)29(23,26-7-3)27-8-4/h9-10,12-13,16H,5-8,11H2,1-4H3. The van der Waals surface area contributed by atoms with Crippen molar-refractivity contribution in [2.75, 3.05) is 26.4 Å². The van der Waals surface area contributed by atoms with Gasteiger partial charge in [-0.25, -0.2) is 5.01 Å². The van der Waals surface area contributed by atoms with Crippen molar-refractivity contribution in [3.05, 3.63) is 24.0 Å². The Morgan fingerprint density at radius 3 is 2.10 bits per heavy atom. The van der Waals surface area contributed by atoms with Crippen LogP contribution < -0.4 is 5.30 Å². The van der Waals surface area contributed by atoms with Crippen molar-refractivity contribution in [2.45, 2.75) is 39.9 Å². The van der Waals surface area contributed by atoms with Crippen molar-refractivity contribution >= 4 is 32.6 Å². The predicted molar refractivity (Wildman–Crippen MR) is 109 cm³/mol. The molecule has 10 nitrogen and oxygen atoms in total. The summed E-state index contributed by atoms with van der Waals surface area (Å²) in [7, 11) is -7.09. The normalized spacial score (nSPS) is 17.1. The highest BCUT2D eigenvalue weighted by molar-refractivity contribution is 7.62. The Labute approximate surface area is 170 Å². The van der Waals surface area contributed by atoms with Crippen LogP contribution in [-0.4, -0.2) is 54.3 Å². The van der Waals surface area contributed by atoms with Gasteiger partial charge in [0.2, 0.25) is 0 Å². The third kappa shape index (κ3) is 5.40. The summed E-state index contributed by atoms with van der Waals surface area (Å²) in [6.45, 7) is 7.55. The van der Waals surface area contributed by atoms with E-state index in [4.69, 9.17) is 18.1 Å². The van der Waals surface area contributed by atoms with Crippen LogP contribution in [0.25, 0.3) is 0 Å². The molecule has 0 aromatic carbocycles. The highest BCUT2D eigenvalue weighted by atomic mass is 31.2. The van der Waals surface area contributed by atoms with Gasteiger partial charge in [-0.05, 0) is 39.8 Å². The average Bonchev–Trinajstić information content (AvgIpc) is 3.19. The maximum Gasteiger partial charge on any atom is 0.362 e. The van der Waals surface area contributed by atoms with Crippen molar-refractivity contribution in [1.29, 1.82) is 0 Å². The van der Waals surface area contributed by atoms with Gasteiger partial charge in [-0.15, -0.1) is 0 Å². The SMILES string of the molecule is CCOP(=O)(OCC)c1ccc(C(=O)N2N=CCC2P(=O)(OCC)OCC)nc1. The minimum Gasteiger partial charge on any atom is -0.307 e. The molecule has 0 spiro atoms. The predicted octanol–water partition coefficient (Wildman–Crippen LogP) is 3.40. The fraction of sp³-hybridized carbons (Fsp3) is 0.588. The highest BCUT2D eigenvalue weighted by Gasteiger charge is 2.44. The van der Waals surface area contributed by atoms with Gasteiger partial charge in [-0.1, -0.05) is 0 Å². The lowest BCUT2D eigenvalue weighted by Crippen LogP contribution is -2.34. The van der Waals surface area contributed by atoms with Crippen LogP contribution >= 0.6 is 15.2 Å². The van der Waals surface area contributed by atoms with Gasteiger partial charge in [0, 0.05) is 18.8 Å². The molecule has 29 heavy (non-hydrogen) atoms. The molecule has 0 fully saturated rings. The number of hydrogen-bond acceptors (Lipinski definition) is 9. The molecule has 1 aliphatic heterocycles. The monoisotopic (exact) mass is 447 g/mol. The van der Waals surface area contributed by atoms with Crippen LogP contribution in [0.3, 0.4) is 0 Å². The minimum atomic E-state index is -3.58. The van der Waals surface area contributed by atoms with E-state index in [-0.39, 0.29) is 43.8 Å². The van der Waals surface area contributed by atoms with Crippen LogP contribution in [0.4, 0.5) is 0 Å².